The fourth-order valence-electron chi connectivity index (χ4n) is 6.76. The number of rotatable bonds is 9. The zero-order valence-corrected chi connectivity index (χ0v) is 29.3. The summed E-state index contributed by atoms with van der Waals surface area (Å²) in [6, 6.07) is 10.4. The number of aromatic nitrogens is 2. The smallest absolute Gasteiger partial charge is 0.318 e. The minimum atomic E-state index is -1.00. The van der Waals surface area contributed by atoms with Crippen LogP contribution in [0.4, 0.5) is 10.2 Å². The van der Waals surface area contributed by atoms with Crippen molar-refractivity contribution < 1.29 is 13.9 Å². The fraction of sp³-hybridized carbons (Fsp3) is 0.611. The number of likely N-dealkylation sites (N-methyl/N-ethyl adjacent to an activating group) is 1. The largest absolute Gasteiger partial charge is 0.462 e. The quantitative estimate of drug-likeness (QED) is 0.261. The summed E-state index contributed by atoms with van der Waals surface area (Å²) in [6.45, 7) is 16.1. The molecule has 3 heterocycles. The average Bonchev–Trinajstić information content (AvgIpc) is 3.49. The Morgan fingerprint density at radius 2 is 1.87 bits per heavy atom. The summed E-state index contributed by atoms with van der Waals surface area (Å²) in [7, 11) is 2.12. The fourth-order valence-corrected chi connectivity index (χ4v) is 6.99. The van der Waals surface area contributed by atoms with Crippen LogP contribution in [0.1, 0.15) is 89.5 Å². The number of hydrogen-bond donors (Lipinski definition) is 0. The van der Waals surface area contributed by atoms with Gasteiger partial charge in [-0.1, -0.05) is 71.0 Å². The van der Waals surface area contributed by atoms with Crippen molar-refractivity contribution in [3.63, 3.8) is 0 Å². The number of nitriles is 1. The van der Waals surface area contributed by atoms with Crippen LogP contribution in [0.2, 0.25) is 5.02 Å². The van der Waals surface area contributed by atoms with Gasteiger partial charge in [0.05, 0.1) is 24.2 Å². The molecule has 0 bridgehead atoms. The van der Waals surface area contributed by atoms with Gasteiger partial charge in [0, 0.05) is 42.2 Å². The van der Waals surface area contributed by atoms with Crippen molar-refractivity contribution in [1.82, 2.24) is 19.8 Å². The number of aryl methyl sites for hydroxylation is 1. The maximum Gasteiger partial charge on any atom is 0.318 e. The van der Waals surface area contributed by atoms with Gasteiger partial charge < -0.3 is 19.4 Å². The molecular formula is C36H52ClFN6O2. The number of piperazine rings is 1. The summed E-state index contributed by atoms with van der Waals surface area (Å²) in [5.41, 5.74) is 3.28. The molecule has 0 spiro atoms. The normalized spacial score (nSPS) is 22.4. The van der Waals surface area contributed by atoms with Gasteiger partial charge in [0.1, 0.15) is 12.4 Å². The number of likely N-dealkylation sites (tertiary alicyclic amines) is 1. The van der Waals surface area contributed by atoms with Gasteiger partial charge in [0.25, 0.3) is 5.91 Å². The van der Waals surface area contributed by atoms with Gasteiger partial charge in [-0.05, 0) is 69.7 Å². The average molecular weight is 655 g/mol. The van der Waals surface area contributed by atoms with Crippen molar-refractivity contribution >= 4 is 23.3 Å². The van der Waals surface area contributed by atoms with Gasteiger partial charge in [0.15, 0.2) is 5.83 Å². The summed E-state index contributed by atoms with van der Waals surface area (Å²) < 4.78 is 20.0. The lowest BCUT2D eigenvalue weighted by molar-refractivity contribution is -0.131. The van der Waals surface area contributed by atoms with E-state index in [1.807, 2.05) is 45.9 Å². The zero-order valence-electron chi connectivity index (χ0n) is 28.6. The molecule has 0 N–H and O–H groups in total. The first-order valence-electron chi connectivity index (χ1n) is 17.0. The lowest BCUT2D eigenvalue weighted by atomic mass is 9.76. The summed E-state index contributed by atoms with van der Waals surface area (Å²) >= 11 is 6.45. The number of amides is 1. The van der Waals surface area contributed by atoms with Gasteiger partial charge in [-0.25, -0.2) is 4.39 Å². The van der Waals surface area contributed by atoms with Gasteiger partial charge in [-0.2, -0.15) is 15.2 Å². The Labute approximate surface area is 280 Å². The molecule has 3 unspecified atom stereocenters. The van der Waals surface area contributed by atoms with Crippen LogP contribution in [0.5, 0.6) is 6.01 Å². The molecule has 8 nitrogen and oxygen atoms in total. The highest BCUT2D eigenvalue weighted by Crippen LogP contribution is 2.42. The van der Waals surface area contributed by atoms with E-state index in [1.165, 1.54) is 4.90 Å². The Bertz CT molecular complexity index is 1350. The van der Waals surface area contributed by atoms with Crippen LogP contribution in [-0.2, 0) is 17.6 Å². The van der Waals surface area contributed by atoms with Crippen molar-refractivity contribution in [3.05, 3.63) is 58.5 Å². The molecule has 0 radical (unpaired) electrons. The summed E-state index contributed by atoms with van der Waals surface area (Å²) in [5, 5.41) is 10.3. The predicted octanol–water partition coefficient (Wildman–Crippen LogP) is 7.37. The Hall–Kier alpha value is -3.22. The first-order chi connectivity index (χ1) is 22.3. The van der Waals surface area contributed by atoms with E-state index in [0.29, 0.717) is 37.7 Å². The molecule has 10 heteroatoms. The third-order valence-corrected chi connectivity index (χ3v) is 9.69. The highest BCUT2D eigenvalue weighted by atomic mass is 35.5. The van der Waals surface area contributed by atoms with E-state index in [-0.39, 0.29) is 18.9 Å². The van der Waals surface area contributed by atoms with Crippen molar-refractivity contribution in [1.29, 1.82) is 5.26 Å². The summed E-state index contributed by atoms with van der Waals surface area (Å²) in [5.74, 6) is -0.321. The monoisotopic (exact) mass is 654 g/mol. The van der Waals surface area contributed by atoms with E-state index < -0.39 is 17.8 Å². The lowest BCUT2D eigenvalue weighted by Gasteiger charge is -2.42. The topological polar surface area (TPSA) is 85.6 Å². The molecule has 4 atom stereocenters. The predicted molar refractivity (Wildman–Crippen MR) is 184 cm³/mol. The van der Waals surface area contributed by atoms with Gasteiger partial charge in [0.2, 0.25) is 0 Å². The minimum absolute atomic E-state index is 0.0979. The molecule has 1 aliphatic carbocycles. The summed E-state index contributed by atoms with van der Waals surface area (Å²) in [6.07, 6.45) is 6.08. The number of carbonyl (C=O) groups excluding carboxylic acids is 1. The van der Waals surface area contributed by atoms with Crippen LogP contribution in [0.3, 0.4) is 0 Å². The molecular weight excluding hydrogens is 603 g/mol. The van der Waals surface area contributed by atoms with Gasteiger partial charge in [-0.15, -0.1) is 0 Å². The van der Waals surface area contributed by atoms with Crippen molar-refractivity contribution in [2.75, 3.05) is 44.7 Å². The van der Waals surface area contributed by atoms with Crippen LogP contribution < -0.4 is 9.64 Å². The Morgan fingerprint density at radius 1 is 1.13 bits per heavy atom. The van der Waals surface area contributed by atoms with Crippen LogP contribution >= 0.6 is 11.6 Å². The van der Waals surface area contributed by atoms with Crippen LogP contribution in [-0.4, -0.2) is 77.6 Å². The summed E-state index contributed by atoms with van der Waals surface area (Å²) in [4.78, 5) is 28.3. The number of benzene rings is 1. The molecule has 2 aromatic rings. The first kappa shape index (κ1) is 37.2. The Morgan fingerprint density at radius 3 is 2.52 bits per heavy atom. The second-order valence-corrected chi connectivity index (χ2v) is 12.3. The Balaban J connectivity index is 0.00000139. The number of ether oxygens (including phenoxy) is 1. The molecule has 5 rings (SSSR count). The molecule has 3 aliphatic rings. The lowest BCUT2D eigenvalue weighted by Crippen LogP contribution is -2.55. The standard InChI is InChI=1S/C32H40ClFN6O2.2C2H6/c1-21-23(10-11-24-7-4-5-9-28(24)33)12-13-27-29(21)36-32(42-20-26-8-6-16-38(26)3)37-30(27)39-17-18-40(31(41)22(2)34)25(19-39)14-15-35;2*1-2/h4-5,7,9,21,23,25-26H,2,6,8,10-14,16-20H2,1,3H3;2*1-2H3/t21-,23?,25?,26?;;/m1../s1. The number of carbonyl (C=O) groups is 1. The number of hydrogen-bond acceptors (Lipinski definition) is 7. The number of fused-ring (bicyclic) bond motifs is 1. The molecule has 2 aliphatic heterocycles. The van der Waals surface area contributed by atoms with Crippen LogP contribution in [0.25, 0.3) is 0 Å². The molecule has 2 fully saturated rings. The van der Waals surface area contributed by atoms with Gasteiger partial charge >= 0.3 is 6.01 Å². The second-order valence-electron chi connectivity index (χ2n) is 11.9. The van der Waals surface area contributed by atoms with E-state index in [1.54, 1.807) is 0 Å². The zero-order chi connectivity index (χ0) is 33.8. The molecule has 1 aromatic carbocycles. The molecule has 1 aromatic heterocycles. The third-order valence-electron chi connectivity index (χ3n) is 9.32. The van der Waals surface area contributed by atoms with Crippen molar-refractivity contribution in [2.24, 2.45) is 5.92 Å². The van der Waals surface area contributed by atoms with E-state index in [0.717, 1.165) is 72.7 Å². The minimum Gasteiger partial charge on any atom is -0.462 e. The third kappa shape index (κ3) is 8.98. The molecule has 252 valence electrons. The molecule has 46 heavy (non-hydrogen) atoms. The highest BCUT2D eigenvalue weighted by molar-refractivity contribution is 6.31. The van der Waals surface area contributed by atoms with Gasteiger partial charge in [-0.3, -0.25) is 4.79 Å². The van der Waals surface area contributed by atoms with E-state index in [4.69, 9.17) is 26.3 Å². The number of anilines is 1. The van der Waals surface area contributed by atoms with Crippen LogP contribution in [0.15, 0.2) is 36.7 Å². The SMILES string of the molecule is C=C(F)C(=O)N1CCN(c2nc(OCC3CCCN3C)nc3c2CCC(CCc2ccccc2Cl)[C@H]3C)CC1CC#N.CC.CC. The van der Waals surface area contributed by atoms with E-state index in [9.17, 15) is 14.4 Å². The first-order valence-corrected chi connectivity index (χ1v) is 17.4. The maximum absolute atomic E-state index is 13.8. The highest BCUT2D eigenvalue weighted by Gasteiger charge is 2.36. The van der Waals surface area contributed by atoms with Crippen molar-refractivity contribution in [2.45, 2.75) is 97.6 Å². The molecule has 0 saturated carbocycles. The van der Waals surface area contributed by atoms with E-state index >= 15 is 0 Å². The molecule has 2 saturated heterocycles. The van der Waals surface area contributed by atoms with Crippen LogP contribution in [0, 0.1) is 17.2 Å². The van der Waals surface area contributed by atoms with Crippen molar-refractivity contribution in [3.8, 4) is 12.1 Å². The Kier molecular flexibility index (Phi) is 14.7. The number of halogens is 2. The maximum atomic E-state index is 13.8. The number of nitrogens with zero attached hydrogens (tertiary/aromatic N) is 6. The van der Waals surface area contributed by atoms with E-state index in [2.05, 4.69) is 42.5 Å². The molecule has 1 amide bonds. The second kappa shape index (κ2) is 18.2.